The van der Waals surface area contributed by atoms with E-state index in [1.807, 2.05) is 0 Å². The van der Waals surface area contributed by atoms with Gasteiger partial charge in [-0.15, -0.1) is 0 Å². The van der Waals surface area contributed by atoms with E-state index in [0.29, 0.717) is 6.04 Å². The quantitative estimate of drug-likeness (QED) is 0.480. The zero-order valence-corrected chi connectivity index (χ0v) is 4.70. The summed E-state index contributed by atoms with van der Waals surface area (Å²) in [5, 5.41) is 3.25. The van der Waals surface area contributed by atoms with Crippen LogP contribution in [0.4, 0.5) is 0 Å². The van der Waals surface area contributed by atoms with Crippen LogP contribution in [0.1, 0.15) is 13.3 Å². The second-order valence-electron chi connectivity index (χ2n) is 2.14. The van der Waals surface area contributed by atoms with Crippen LogP contribution < -0.4 is 5.32 Å². The molecule has 0 aromatic carbocycles. The van der Waals surface area contributed by atoms with Crippen LogP contribution in [-0.4, -0.2) is 12.6 Å². The number of nitrogens with one attached hydrogen (secondary N) is 1. The zero-order valence-electron chi connectivity index (χ0n) is 4.70. The molecule has 1 heteroatoms. The molecule has 1 aliphatic rings. The van der Waals surface area contributed by atoms with Crippen molar-refractivity contribution >= 4 is 0 Å². The minimum absolute atomic E-state index is 0.639. The third-order valence-corrected chi connectivity index (χ3v) is 1.42. The highest BCUT2D eigenvalue weighted by molar-refractivity contribution is 5.05. The Balaban J connectivity index is 2.27. The maximum absolute atomic E-state index is 3.81. The Morgan fingerprint density at radius 1 is 1.86 bits per heavy atom. The van der Waals surface area contributed by atoms with Gasteiger partial charge in [0.05, 0.1) is 0 Å². The fraction of sp³-hybridized carbons (Fsp3) is 0.667. The molecule has 1 unspecified atom stereocenters. The van der Waals surface area contributed by atoms with E-state index in [9.17, 15) is 0 Å². The van der Waals surface area contributed by atoms with Crippen molar-refractivity contribution in [1.29, 1.82) is 0 Å². The Labute approximate surface area is 44.4 Å². The van der Waals surface area contributed by atoms with E-state index in [1.165, 1.54) is 18.5 Å². The SMILES string of the molecule is C=C(C)C1CCN1. The van der Waals surface area contributed by atoms with Gasteiger partial charge in [0.1, 0.15) is 0 Å². The highest BCUT2D eigenvalue weighted by Crippen LogP contribution is 2.08. The van der Waals surface area contributed by atoms with Gasteiger partial charge < -0.3 is 5.32 Å². The third kappa shape index (κ3) is 0.829. The van der Waals surface area contributed by atoms with Gasteiger partial charge in [0.15, 0.2) is 0 Å². The van der Waals surface area contributed by atoms with Gasteiger partial charge >= 0.3 is 0 Å². The Hall–Kier alpha value is -0.300. The first kappa shape index (κ1) is 4.85. The summed E-state index contributed by atoms with van der Waals surface area (Å²) in [5.74, 6) is 0. The van der Waals surface area contributed by atoms with Gasteiger partial charge in [-0.2, -0.15) is 0 Å². The molecular formula is C6H11N. The van der Waals surface area contributed by atoms with E-state index in [0.717, 1.165) is 0 Å². The molecule has 0 aliphatic carbocycles. The van der Waals surface area contributed by atoms with Crippen LogP contribution in [0.3, 0.4) is 0 Å². The van der Waals surface area contributed by atoms with E-state index in [4.69, 9.17) is 0 Å². The molecule has 1 N–H and O–H groups in total. The summed E-state index contributed by atoms with van der Waals surface area (Å²) >= 11 is 0. The van der Waals surface area contributed by atoms with Crippen molar-refractivity contribution < 1.29 is 0 Å². The maximum atomic E-state index is 3.81. The average Bonchev–Trinajstić information content (AvgIpc) is 1.23. The van der Waals surface area contributed by atoms with Crippen LogP contribution in [0.5, 0.6) is 0 Å². The summed E-state index contributed by atoms with van der Waals surface area (Å²) in [5.41, 5.74) is 1.27. The Bertz CT molecular complexity index is 82.2. The smallest absolute Gasteiger partial charge is 0.0286 e. The Morgan fingerprint density at radius 3 is 2.43 bits per heavy atom. The van der Waals surface area contributed by atoms with Gasteiger partial charge in [-0.3, -0.25) is 0 Å². The fourth-order valence-corrected chi connectivity index (χ4v) is 0.709. The predicted octanol–water partition coefficient (Wildman–Crippen LogP) is 0.924. The van der Waals surface area contributed by atoms with Crippen LogP contribution in [-0.2, 0) is 0 Å². The minimum Gasteiger partial charge on any atom is -0.310 e. The molecule has 1 nitrogen and oxygen atoms in total. The summed E-state index contributed by atoms with van der Waals surface area (Å²) in [4.78, 5) is 0. The molecule has 7 heavy (non-hydrogen) atoms. The summed E-state index contributed by atoms with van der Waals surface area (Å²) in [7, 11) is 0. The summed E-state index contributed by atoms with van der Waals surface area (Å²) in [6.07, 6.45) is 1.29. The van der Waals surface area contributed by atoms with E-state index in [-0.39, 0.29) is 0 Å². The topological polar surface area (TPSA) is 12.0 Å². The molecule has 1 saturated heterocycles. The second kappa shape index (κ2) is 1.66. The second-order valence-corrected chi connectivity index (χ2v) is 2.14. The van der Waals surface area contributed by atoms with Crippen molar-refractivity contribution in [3.8, 4) is 0 Å². The molecule has 40 valence electrons. The van der Waals surface area contributed by atoms with Crippen LogP contribution in [0.25, 0.3) is 0 Å². The highest BCUT2D eigenvalue weighted by Gasteiger charge is 2.15. The average molecular weight is 97.2 g/mol. The molecular weight excluding hydrogens is 86.1 g/mol. The fourth-order valence-electron chi connectivity index (χ4n) is 0.709. The monoisotopic (exact) mass is 97.1 g/mol. The standard InChI is InChI=1S/C6H11N/c1-5(2)6-3-4-7-6/h6-7H,1,3-4H2,2H3. The number of hydrogen-bond acceptors (Lipinski definition) is 1. The van der Waals surface area contributed by atoms with E-state index in [2.05, 4.69) is 18.8 Å². The van der Waals surface area contributed by atoms with Crippen molar-refractivity contribution in [2.24, 2.45) is 0 Å². The molecule has 1 aliphatic heterocycles. The Morgan fingerprint density at radius 2 is 2.43 bits per heavy atom. The van der Waals surface area contributed by atoms with E-state index >= 15 is 0 Å². The summed E-state index contributed by atoms with van der Waals surface area (Å²) in [6.45, 7) is 7.06. The molecule has 0 bridgehead atoms. The molecule has 0 spiro atoms. The molecule has 1 atom stereocenters. The number of rotatable bonds is 1. The van der Waals surface area contributed by atoms with Gasteiger partial charge in [-0.25, -0.2) is 0 Å². The molecule has 0 radical (unpaired) electrons. The van der Waals surface area contributed by atoms with Crippen molar-refractivity contribution in [3.05, 3.63) is 12.2 Å². The lowest BCUT2D eigenvalue weighted by Crippen LogP contribution is -2.43. The van der Waals surface area contributed by atoms with Crippen LogP contribution in [0, 0.1) is 0 Å². The zero-order chi connectivity index (χ0) is 5.28. The highest BCUT2D eigenvalue weighted by atomic mass is 15.0. The molecule has 0 aromatic rings. The van der Waals surface area contributed by atoms with E-state index in [1.54, 1.807) is 0 Å². The minimum atomic E-state index is 0.639. The predicted molar refractivity (Wildman–Crippen MR) is 31.2 cm³/mol. The summed E-state index contributed by atoms with van der Waals surface area (Å²) < 4.78 is 0. The molecule has 0 saturated carbocycles. The maximum Gasteiger partial charge on any atom is 0.0286 e. The Kier molecular flexibility index (Phi) is 1.15. The lowest BCUT2D eigenvalue weighted by molar-refractivity contribution is 0.419. The molecule has 0 aromatic heterocycles. The van der Waals surface area contributed by atoms with Gasteiger partial charge in [0.25, 0.3) is 0 Å². The third-order valence-electron chi connectivity index (χ3n) is 1.42. The first-order valence-corrected chi connectivity index (χ1v) is 2.69. The largest absolute Gasteiger partial charge is 0.310 e. The van der Waals surface area contributed by atoms with Crippen LogP contribution in [0.2, 0.25) is 0 Å². The van der Waals surface area contributed by atoms with Crippen molar-refractivity contribution in [2.75, 3.05) is 6.54 Å². The van der Waals surface area contributed by atoms with E-state index < -0.39 is 0 Å². The lowest BCUT2D eigenvalue weighted by Gasteiger charge is -2.27. The van der Waals surface area contributed by atoms with Gasteiger partial charge in [0, 0.05) is 6.04 Å². The van der Waals surface area contributed by atoms with Crippen molar-refractivity contribution in [3.63, 3.8) is 0 Å². The summed E-state index contributed by atoms with van der Waals surface area (Å²) in [6, 6.07) is 0.639. The van der Waals surface area contributed by atoms with Gasteiger partial charge in [0.2, 0.25) is 0 Å². The van der Waals surface area contributed by atoms with Crippen LogP contribution >= 0.6 is 0 Å². The normalized spacial score (nSPS) is 29.0. The molecule has 1 fully saturated rings. The lowest BCUT2D eigenvalue weighted by atomic mass is 10.0. The molecule has 1 heterocycles. The molecule has 1 rings (SSSR count). The molecule has 0 amide bonds. The first-order valence-electron chi connectivity index (χ1n) is 2.69. The number of hydrogen-bond donors (Lipinski definition) is 1. The van der Waals surface area contributed by atoms with Crippen LogP contribution in [0.15, 0.2) is 12.2 Å². The van der Waals surface area contributed by atoms with Gasteiger partial charge in [-0.05, 0) is 19.9 Å². The van der Waals surface area contributed by atoms with Crippen molar-refractivity contribution in [1.82, 2.24) is 5.32 Å². The van der Waals surface area contributed by atoms with Gasteiger partial charge in [-0.1, -0.05) is 12.2 Å². The van der Waals surface area contributed by atoms with Crippen molar-refractivity contribution in [2.45, 2.75) is 19.4 Å². The first-order chi connectivity index (χ1) is 3.30.